The lowest BCUT2D eigenvalue weighted by molar-refractivity contribution is 0.448. The summed E-state index contributed by atoms with van der Waals surface area (Å²) in [4.78, 5) is 4.35. The first kappa shape index (κ1) is 15.5. The Labute approximate surface area is 127 Å². The molecule has 3 nitrogen and oxygen atoms in total. The number of hydrogen-bond donors (Lipinski definition) is 1. The van der Waals surface area contributed by atoms with E-state index < -0.39 is 0 Å². The number of aryl methyl sites for hydroxylation is 1. The summed E-state index contributed by atoms with van der Waals surface area (Å²) in [5, 5.41) is 3.15. The van der Waals surface area contributed by atoms with Crippen LogP contribution in [0.25, 0.3) is 0 Å². The van der Waals surface area contributed by atoms with Crippen molar-refractivity contribution >= 4 is 0 Å². The second-order valence-corrected chi connectivity index (χ2v) is 6.31. The zero-order valence-electron chi connectivity index (χ0n) is 13.5. The summed E-state index contributed by atoms with van der Waals surface area (Å²) in [6.45, 7) is 9.30. The van der Waals surface area contributed by atoms with E-state index in [0.29, 0.717) is 0 Å². The fourth-order valence-corrected chi connectivity index (χ4v) is 2.27. The maximum absolute atomic E-state index is 6.22. The van der Waals surface area contributed by atoms with Crippen LogP contribution in [-0.2, 0) is 12.0 Å². The van der Waals surface area contributed by atoms with Gasteiger partial charge in [-0.05, 0) is 25.5 Å². The monoisotopic (exact) mass is 284 g/mol. The van der Waals surface area contributed by atoms with Gasteiger partial charge in [-0.15, -0.1) is 0 Å². The summed E-state index contributed by atoms with van der Waals surface area (Å²) in [6.07, 6.45) is 1.88. The molecule has 0 aliphatic heterocycles. The maximum Gasteiger partial charge on any atom is 0.135 e. The number of nitrogens with one attached hydrogen (secondary N) is 1. The molecule has 0 fully saturated rings. The Balaban J connectivity index is 2.41. The van der Waals surface area contributed by atoms with Crippen LogP contribution in [0.2, 0.25) is 0 Å². The Hall–Kier alpha value is -1.87. The molecule has 0 amide bonds. The summed E-state index contributed by atoms with van der Waals surface area (Å²) >= 11 is 0. The van der Waals surface area contributed by atoms with Gasteiger partial charge in [0.1, 0.15) is 11.5 Å². The molecule has 2 rings (SSSR count). The van der Waals surface area contributed by atoms with Gasteiger partial charge in [0.05, 0.1) is 0 Å². The van der Waals surface area contributed by atoms with Gasteiger partial charge in [0.25, 0.3) is 0 Å². The average molecular weight is 284 g/mol. The van der Waals surface area contributed by atoms with Crippen molar-refractivity contribution < 1.29 is 4.74 Å². The number of nitrogens with zero attached hydrogens (tertiary/aromatic N) is 1. The molecule has 0 aliphatic rings. The highest BCUT2D eigenvalue weighted by atomic mass is 16.5. The Morgan fingerprint density at radius 1 is 1.14 bits per heavy atom. The van der Waals surface area contributed by atoms with Gasteiger partial charge < -0.3 is 10.1 Å². The van der Waals surface area contributed by atoms with Gasteiger partial charge in [0.15, 0.2) is 0 Å². The minimum Gasteiger partial charge on any atom is -0.457 e. The van der Waals surface area contributed by atoms with E-state index in [1.807, 2.05) is 38.4 Å². The van der Waals surface area contributed by atoms with Gasteiger partial charge in [-0.25, -0.2) is 0 Å². The topological polar surface area (TPSA) is 34.2 Å². The summed E-state index contributed by atoms with van der Waals surface area (Å²) < 4.78 is 6.22. The SMILES string of the molecule is CNCc1cnc(C)cc1Oc1ccccc1C(C)(C)C. The molecule has 0 bridgehead atoms. The third kappa shape index (κ3) is 3.82. The number of ether oxygens (including phenoxy) is 1. The molecule has 1 aromatic heterocycles. The summed E-state index contributed by atoms with van der Waals surface area (Å²) in [5.74, 6) is 1.78. The van der Waals surface area contributed by atoms with E-state index in [4.69, 9.17) is 4.74 Å². The Morgan fingerprint density at radius 2 is 1.86 bits per heavy atom. The number of hydrogen-bond acceptors (Lipinski definition) is 3. The largest absolute Gasteiger partial charge is 0.457 e. The Bertz CT molecular complexity index is 615. The second kappa shape index (κ2) is 6.27. The third-order valence-electron chi connectivity index (χ3n) is 3.36. The molecule has 2 aromatic rings. The first-order valence-corrected chi connectivity index (χ1v) is 7.29. The van der Waals surface area contributed by atoms with Crippen molar-refractivity contribution in [2.75, 3.05) is 7.05 Å². The summed E-state index contributed by atoms with van der Waals surface area (Å²) in [5.41, 5.74) is 3.27. The van der Waals surface area contributed by atoms with E-state index in [1.165, 1.54) is 5.56 Å². The smallest absolute Gasteiger partial charge is 0.135 e. The number of aromatic nitrogens is 1. The first-order valence-electron chi connectivity index (χ1n) is 7.29. The van der Waals surface area contributed by atoms with Crippen LogP contribution in [0.1, 0.15) is 37.6 Å². The fraction of sp³-hybridized carbons (Fsp3) is 0.389. The first-order chi connectivity index (χ1) is 9.91. The molecule has 0 saturated heterocycles. The van der Waals surface area contributed by atoms with Gasteiger partial charge >= 0.3 is 0 Å². The molecule has 0 atom stereocenters. The van der Waals surface area contributed by atoms with Crippen molar-refractivity contribution in [3.8, 4) is 11.5 Å². The highest BCUT2D eigenvalue weighted by molar-refractivity contribution is 5.43. The lowest BCUT2D eigenvalue weighted by Gasteiger charge is -2.23. The molecule has 3 heteroatoms. The van der Waals surface area contributed by atoms with E-state index >= 15 is 0 Å². The number of benzene rings is 1. The van der Waals surface area contributed by atoms with Crippen molar-refractivity contribution in [2.45, 2.75) is 39.7 Å². The number of rotatable bonds is 4. The van der Waals surface area contributed by atoms with Crippen LogP contribution in [0.3, 0.4) is 0 Å². The Kier molecular flexibility index (Phi) is 4.63. The second-order valence-electron chi connectivity index (χ2n) is 6.31. The van der Waals surface area contributed by atoms with Gasteiger partial charge in [0.2, 0.25) is 0 Å². The number of para-hydroxylation sites is 1. The molecule has 0 saturated carbocycles. The van der Waals surface area contributed by atoms with E-state index in [-0.39, 0.29) is 5.41 Å². The van der Waals surface area contributed by atoms with E-state index in [0.717, 1.165) is 29.3 Å². The van der Waals surface area contributed by atoms with Gasteiger partial charge in [0, 0.05) is 35.6 Å². The molecule has 0 radical (unpaired) electrons. The van der Waals surface area contributed by atoms with Crippen molar-refractivity contribution in [3.63, 3.8) is 0 Å². The summed E-state index contributed by atoms with van der Waals surface area (Å²) in [6, 6.07) is 10.2. The minimum atomic E-state index is 0.0435. The quantitative estimate of drug-likeness (QED) is 0.913. The molecule has 0 unspecified atom stereocenters. The fourth-order valence-electron chi connectivity index (χ4n) is 2.27. The molecule has 1 heterocycles. The molecule has 1 aromatic carbocycles. The van der Waals surface area contributed by atoms with E-state index in [1.54, 1.807) is 0 Å². The van der Waals surface area contributed by atoms with E-state index in [9.17, 15) is 0 Å². The van der Waals surface area contributed by atoms with Crippen LogP contribution in [0.5, 0.6) is 11.5 Å². The molecule has 0 aliphatic carbocycles. The maximum atomic E-state index is 6.22. The third-order valence-corrected chi connectivity index (χ3v) is 3.36. The molecule has 21 heavy (non-hydrogen) atoms. The Morgan fingerprint density at radius 3 is 2.52 bits per heavy atom. The van der Waals surface area contributed by atoms with Gasteiger partial charge in [-0.1, -0.05) is 39.0 Å². The summed E-state index contributed by atoms with van der Waals surface area (Å²) in [7, 11) is 1.92. The zero-order valence-corrected chi connectivity index (χ0v) is 13.5. The van der Waals surface area contributed by atoms with Gasteiger partial charge in [-0.3, -0.25) is 4.98 Å². The predicted molar refractivity (Wildman–Crippen MR) is 87.0 cm³/mol. The highest BCUT2D eigenvalue weighted by Gasteiger charge is 2.19. The standard InChI is InChI=1S/C18H24N2O/c1-13-10-17(14(11-19-5)12-20-13)21-16-9-7-6-8-15(16)18(2,3)4/h6-10,12,19H,11H2,1-5H3. The van der Waals surface area contributed by atoms with Crippen molar-refractivity contribution in [1.82, 2.24) is 10.3 Å². The molecular weight excluding hydrogens is 260 g/mol. The number of pyridine rings is 1. The van der Waals surface area contributed by atoms with Crippen LogP contribution < -0.4 is 10.1 Å². The zero-order chi connectivity index (χ0) is 15.5. The lowest BCUT2D eigenvalue weighted by atomic mass is 9.86. The van der Waals surface area contributed by atoms with Crippen LogP contribution >= 0.6 is 0 Å². The molecule has 1 N–H and O–H groups in total. The molecular formula is C18H24N2O. The molecule has 0 spiro atoms. The minimum absolute atomic E-state index is 0.0435. The predicted octanol–water partition coefficient (Wildman–Crippen LogP) is 4.20. The average Bonchev–Trinajstić information content (AvgIpc) is 2.41. The van der Waals surface area contributed by atoms with Crippen LogP contribution in [-0.4, -0.2) is 12.0 Å². The van der Waals surface area contributed by atoms with Gasteiger partial charge in [-0.2, -0.15) is 0 Å². The molecule has 112 valence electrons. The normalized spacial score (nSPS) is 11.5. The van der Waals surface area contributed by atoms with Crippen LogP contribution in [0, 0.1) is 6.92 Å². The van der Waals surface area contributed by atoms with Crippen molar-refractivity contribution in [2.24, 2.45) is 0 Å². The lowest BCUT2D eigenvalue weighted by Crippen LogP contribution is -2.13. The van der Waals surface area contributed by atoms with Crippen molar-refractivity contribution in [3.05, 3.63) is 53.3 Å². The van der Waals surface area contributed by atoms with Crippen molar-refractivity contribution in [1.29, 1.82) is 0 Å². The van der Waals surface area contributed by atoms with Crippen LogP contribution in [0.4, 0.5) is 0 Å². The van der Waals surface area contributed by atoms with Crippen LogP contribution in [0.15, 0.2) is 36.5 Å². The highest BCUT2D eigenvalue weighted by Crippen LogP contribution is 2.35. The van der Waals surface area contributed by atoms with E-state index in [2.05, 4.69) is 43.2 Å².